The largest absolute Gasteiger partial charge is 0.103 e. The van der Waals surface area contributed by atoms with Crippen molar-refractivity contribution in [2.45, 2.75) is 45.4 Å². The van der Waals surface area contributed by atoms with Gasteiger partial charge in [-0.25, -0.2) is 0 Å². The van der Waals surface area contributed by atoms with Crippen molar-refractivity contribution < 1.29 is 0 Å². The van der Waals surface area contributed by atoms with E-state index in [4.69, 9.17) is 0 Å². The summed E-state index contributed by atoms with van der Waals surface area (Å²) in [7, 11) is 0. The van der Waals surface area contributed by atoms with Crippen LogP contribution in [0.2, 0.25) is 0 Å². The average molecular weight is 278 g/mol. The summed E-state index contributed by atoms with van der Waals surface area (Å²) in [5.41, 5.74) is 5.75. The summed E-state index contributed by atoms with van der Waals surface area (Å²) in [6.45, 7) is 5.89. The molecule has 2 aromatic carbocycles. The molecule has 0 fully saturated rings. The highest BCUT2D eigenvalue weighted by molar-refractivity contribution is 5.76. The van der Waals surface area contributed by atoms with Crippen LogP contribution in [-0.2, 0) is 6.42 Å². The van der Waals surface area contributed by atoms with E-state index in [1.54, 1.807) is 0 Å². The third kappa shape index (κ3) is 4.32. The third-order valence-electron chi connectivity index (χ3n) is 3.97. The fourth-order valence-corrected chi connectivity index (χ4v) is 2.80. The summed E-state index contributed by atoms with van der Waals surface area (Å²) in [6.07, 6.45) is 9.72. The van der Waals surface area contributed by atoms with Crippen LogP contribution in [0.15, 0.2) is 61.2 Å². The molecule has 3 rings (SSSR count). The molecule has 0 amide bonds. The number of hydrogen-bond donors (Lipinski definition) is 0. The Balaban J connectivity index is 0.000000177. The summed E-state index contributed by atoms with van der Waals surface area (Å²) in [5.74, 6) is 0. The van der Waals surface area contributed by atoms with Crippen LogP contribution in [-0.4, -0.2) is 0 Å². The molecule has 0 radical (unpaired) electrons. The molecule has 1 aliphatic rings. The van der Waals surface area contributed by atoms with Crippen LogP contribution in [0.1, 0.15) is 50.2 Å². The lowest BCUT2D eigenvalue weighted by molar-refractivity contribution is 0.675. The molecule has 0 saturated carbocycles. The Morgan fingerprint density at radius 2 is 1.43 bits per heavy atom. The monoisotopic (exact) mass is 278 g/mol. The first-order valence-electron chi connectivity index (χ1n) is 8.14. The molecule has 0 unspecified atom stereocenters. The molecule has 0 atom stereocenters. The smallest absolute Gasteiger partial charge is 0.00135 e. The van der Waals surface area contributed by atoms with Gasteiger partial charge in [0.2, 0.25) is 0 Å². The fraction of sp³-hybridized carbons (Fsp3) is 0.333. The van der Waals surface area contributed by atoms with Crippen LogP contribution >= 0.6 is 0 Å². The van der Waals surface area contributed by atoms with E-state index in [2.05, 4.69) is 62.0 Å². The first-order chi connectivity index (χ1) is 10.4. The average Bonchev–Trinajstić information content (AvgIpc) is 2.91. The van der Waals surface area contributed by atoms with E-state index in [1.165, 1.54) is 54.4 Å². The maximum Gasteiger partial charge on any atom is -0.00135 e. The lowest BCUT2D eigenvalue weighted by Gasteiger charge is -1.98. The quantitative estimate of drug-likeness (QED) is 0.374. The Morgan fingerprint density at radius 3 is 1.95 bits per heavy atom. The molecule has 1 aliphatic carbocycles. The number of rotatable bonds is 5. The Kier molecular flexibility index (Phi) is 6.27. The van der Waals surface area contributed by atoms with Crippen molar-refractivity contribution in [3.8, 4) is 11.1 Å². The van der Waals surface area contributed by atoms with Crippen molar-refractivity contribution in [1.29, 1.82) is 0 Å². The number of hydrogen-bond acceptors (Lipinski definition) is 0. The molecule has 0 bridgehead atoms. The van der Waals surface area contributed by atoms with Crippen molar-refractivity contribution in [1.82, 2.24) is 0 Å². The highest BCUT2D eigenvalue weighted by Gasteiger charge is 2.15. The normalized spacial score (nSPS) is 11.1. The second-order valence-corrected chi connectivity index (χ2v) is 5.63. The second kappa shape index (κ2) is 8.46. The second-order valence-electron chi connectivity index (χ2n) is 5.63. The molecular formula is C21H26. The fourth-order valence-electron chi connectivity index (χ4n) is 2.80. The zero-order valence-corrected chi connectivity index (χ0v) is 13.1. The zero-order valence-electron chi connectivity index (χ0n) is 13.1. The van der Waals surface area contributed by atoms with Crippen molar-refractivity contribution >= 4 is 0 Å². The van der Waals surface area contributed by atoms with E-state index in [1.807, 2.05) is 6.08 Å². The first-order valence-corrected chi connectivity index (χ1v) is 8.14. The van der Waals surface area contributed by atoms with Crippen LogP contribution < -0.4 is 0 Å². The zero-order chi connectivity index (χ0) is 14.9. The summed E-state index contributed by atoms with van der Waals surface area (Å²) in [5, 5.41) is 0. The predicted octanol–water partition coefficient (Wildman–Crippen LogP) is 6.40. The van der Waals surface area contributed by atoms with Crippen LogP contribution in [0.4, 0.5) is 0 Å². The van der Waals surface area contributed by atoms with Gasteiger partial charge in [0.05, 0.1) is 0 Å². The number of unbranched alkanes of at least 4 members (excludes halogenated alkanes) is 4. The third-order valence-corrected chi connectivity index (χ3v) is 3.97. The Labute approximate surface area is 129 Å². The van der Waals surface area contributed by atoms with Crippen LogP contribution in [0.5, 0.6) is 0 Å². The van der Waals surface area contributed by atoms with Gasteiger partial charge in [-0.2, -0.15) is 0 Å². The van der Waals surface area contributed by atoms with Gasteiger partial charge < -0.3 is 0 Å². The summed E-state index contributed by atoms with van der Waals surface area (Å²) in [4.78, 5) is 0. The minimum Gasteiger partial charge on any atom is -0.103 e. The highest BCUT2D eigenvalue weighted by atomic mass is 14.2. The standard InChI is InChI=1S/C13H10.C8H16/c1-3-7-12-10(5-1)9-11-6-2-4-8-13(11)12;1-3-5-7-8-6-4-2/h1-8H,9H2;3H,1,4-8H2,2H3. The molecular weight excluding hydrogens is 252 g/mol. The van der Waals surface area contributed by atoms with E-state index in [0.29, 0.717) is 0 Å². The predicted molar refractivity (Wildman–Crippen MR) is 93.6 cm³/mol. The highest BCUT2D eigenvalue weighted by Crippen LogP contribution is 2.35. The minimum atomic E-state index is 1.10. The van der Waals surface area contributed by atoms with Gasteiger partial charge in [0.15, 0.2) is 0 Å². The van der Waals surface area contributed by atoms with E-state index < -0.39 is 0 Å². The van der Waals surface area contributed by atoms with Gasteiger partial charge in [-0.1, -0.05) is 80.8 Å². The van der Waals surface area contributed by atoms with E-state index in [-0.39, 0.29) is 0 Å². The summed E-state index contributed by atoms with van der Waals surface area (Å²) >= 11 is 0. The van der Waals surface area contributed by atoms with Crippen molar-refractivity contribution in [3.63, 3.8) is 0 Å². The van der Waals surface area contributed by atoms with Gasteiger partial charge in [-0.3, -0.25) is 0 Å². The summed E-state index contributed by atoms with van der Waals surface area (Å²) < 4.78 is 0. The maximum absolute atomic E-state index is 3.66. The minimum absolute atomic E-state index is 1.10. The van der Waals surface area contributed by atoms with Crippen molar-refractivity contribution in [2.75, 3.05) is 0 Å². The molecule has 110 valence electrons. The van der Waals surface area contributed by atoms with Crippen molar-refractivity contribution in [2.24, 2.45) is 0 Å². The molecule has 0 heteroatoms. The maximum atomic E-state index is 3.66. The Morgan fingerprint density at radius 1 is 0.857 bits per heavy atom. The van der Waals surface area contributed by atoms with Gasteiger partial charge in [-0.15, -0.1) is 6.58 Å². The van der Waals surface area contributed by atoms with Crippen LogP contribution in [0, 0.1) is 0 Å². The Hall–Kier alpha value is -1.82. The lowest BCUT2D eigenvalue weighted by Crippen LogP contribution is -1.77. The number of allylic oxidation sites excluding steroid dienone is 1. The molecule has 0 aliphatic heterocycles. The molecule has 0 saturated heterocycles. The molecule has 0 aromatic heterocycles. The van der Waals surface area contributed by atoms with E-state index in [0.717, 1.165) is 6.42 Å². The molecule has 0 N–H and O–H groups in total. The van der Waals surface area contributed by atoms with Crippen LogP contribution in [0.3, 0.4) is 0 Å². The SMILES string of the molecule is C=CCCCCCC.c1ccc2c(c1)Cc1ccccc1-2. The van der Waals surface area contributed by atoms with Gasteiger partial charge in [0.25, 0.3) is 0 Å². The summed E-state index contributed by atoms with van der Waals surface area (Å²) in [6, 6.07) is 17.3. The molecule has 0 spiro atoms. The van der Waals surface area contributed by atoms with Gasteiger partial charge >= 0.3 is 0 Å². The van der Waals surface area contributed by atoms with Crippen LogP contribution in [0.25, 0.3) is 11.1 Å². The van der Waals surface area contributed by atoms with Gasteiger partial charge in [-0.05, 0) is 41.5 Å². The molecule has 21 heavy (non-hydrogen) atoms. The Bertz CT molecular complexity index is 522. The van der Waals surface area contributed by atoms with Crippen molar-refractivity contribution in [3.05, 3.63) is 72.3 Å². The topological polar surface area (TPSA) is 0 Å². The van der Waals surface area contributed by atoms with Gasteiger partial charge in [0.1, 0.15) is 0 Å². The molecule has 2 aromatic rings. The van der Waals surface area contributed by atoms with E-state index in [9.17, 15) is 0 Å². The molecule has 0 nitrogen and oxygen atoms in total. The first kappa shape index (κ1) is 15.6. The number of benzene rings is 2. The lowest BCUT2D eigenvalue weighted by atomic mass is 10.1. The molecule has 0 heterocycles. The number of fused-ring (bicyclic) bond motifs is 3. The van der Waals surface area contributed by atoms with E-state index >= 15 is 0 Å². The van der Waals surface area contributed by atoms with Gasteiger partial charge in [0, 0.05) is 0 Å².